The molecule has 1 aromatic heterocycles. The first-order valence-corrected chi connectivity index (χ1v) is 7.82. The Kier molecular flexibility index (Phi) is 4.73. The quantitative estimate of drug-likeness (QED) is 0.882. The molecule has 0 radical (unpaired) electrons. The van der Waals surface area contributed by atoms with Crippen LogP contribution in [0.1, 0.15) is 48.7 Å². The fraction of sp³-hybridized carbons (Fsp3) is 0.444. The van der Waals surface area contributed by atoms with Crippen molar-refractivity contribution in [3.05, 3.63) is 59.5 Å². The smallest absolute Gasteiger partial charge is 0.129 e. The van der Waals surface area contributed by atoms with Gasteiger partial charge in [-0.25, -0.2) is 0 Å². The van der Waals surface area contributed by atoms with E-state index in [0.29, 0.717) is 17.7 Å². The van der Waals surface area contributed by atoms with Gasteiger partial charge >= 0.3 is 0 Å². The third-order valence-corrected chi connectivity index (χ3v) is 4.44. The Bertz CT molecular complexity index is 541. The van der Waals surface area contributed by atoms with E-state index in [-0.39, 0.29) is 6.61 Å². The third kappa shape index (κ3) is 3.74. The molecular formula is C18H23NO2. The molecule has 0 amide bonds. The van der Waals surface area contributed by atoms with Gasteiger partial charge in [0.05, 0.1) is 6.54 Å². The molecule has 1 aromatic carbocycles. The maximum absolute atomic E-state index is 8.99. The molecule has 1 fully saturated rings. The summed E-state index contributed by atoms with van der Waals surface area (Å²) in [6.45, 7) is 0.725. The molecule has 0 bridgehead atoms. The number of nitrogens with one attached hydrogen (secondary N) is 1. The summed E-state index contributed by atoms with van der Waals surface area (Å²) in [5, 5.41) is 12.6. The largest absolute Gasteiger partial charge is 0.462 e. The van der Waals surface area contributed by atoms with E-state index in [1.165, 1.54) is 31.2 Å². The summed E-state index contributed by atoms with van der Waals surface area (Å²) < 4.78 is 5.50. The van der Waals surface area contributed by atoms with E-state index in [0.717, 1.165) is 12.3 Å². The summed E-state index contributed by atoms with van der Waals surface area (Å²) in [7, 11) is 0. The Balaban J connectivity index is 1.45. The second-order valence-corrected chi connectivity index (χ2v) is 5.87. The van der Waals surface area contributed by atoms with Crippen molar-refractivity contribution in [2.24, 2.45) is 0 Å². The van der Waals surface area contributed by atoms with Gasteiger partial charge in [0.15, 0.2) is 0 Å². The van der Waals surface area contributed by atoms with Gasteiger partial charge in [-0.05, 0) is 49.3 Å². The van der Waals surface area contributed by atoms with Crippen molar-refractivity contribution < 1.29 is 9.52 Å². The van der Waals surface area contributed by atoms with Crippen molar-refractivity contribution >= 4 is 0 Å². The lowest BCUT2D eigenvalue weighted by atomic mass is 9.82. The molecule has 0 aliphatic heterocycles. The molecule has 1 heterocycles. The number of rotatable bonds is 5. The molecule has 3 heteroatoms. The normalized spacial score (nSPS) is 22.3. The molecule has 1 aliphatic carbocycles. The van der Waals surface area contributed by atoms with Gasteiger partial charge in [0.2, 0.25) is 0 Å². The Labute approximate surface area is 126 Å². The molecular weight excluding hydrogens is 262 g/mol. The van der Waals surface area contributed by atoms with E-state index in [1.54, 1.807) is 0 Å². The average Bonchev–Trinajstić information content (AvgIpc) is 3.02. The number of aliphatic hydroxyl groups excluding tert-OH is 1. The highest BCUT2D eigenvalue weighted by molar-refractivity contribution is 5.20. The molecule has 0 saturated heterocycles. The fourth-order valence-corrected chi connectivity index (χ4v) is 3.20. The van der Waals surface area contributed by atoms with E-state index in [2.05, 4.69) is 35.6 Å². The number of benzene rings is 1. The zero-order valence-electron chi connectivity index (χ0n) is 12.3. The third-order valence-electron chi connectivity index (χ3n) is 4.44. The first-order valence-electron chi connectivity index (χ1n) is 7.82. The van der Waals surface area contributed by atoms with Crippen LogP contribution in [-0.4, -0.2) is 11.1 Å². The topological polar surface area (TPSA) is 45.4 Å². The first kappa shape index (κ1) is 14.4. The molecule has 0 unspecified atom stereocenters. The van der Waals surface area contributed by atoms with Gasteiger partial charge in [-0.2, -0.15) is 0 Å². The lowest BCUT2D eigenvalue weighted by Gasteiger charge is -2.29. The van der Waals surface area contributed by atoms with E-state index in [4.69, 9.17) is 9.52 Å². The maximum atomic E-state index is 8.99. The average molecular weight is 285 g/mol. The van der Waals surface area contributed by atoms with Gasteiger partial charge in [-0.1, -0.05) is 30.3 Å². The van der Waals surface area contributed by atoms with Crippen LogP contribution in [0.4, 0.5) is 0 Å². The van der Waals surface area contributed by atoms with Crippen molar-refractivity contribution in [2.75, 3.05) is 0 Å². The molecule has 21 heavy (non-hydrogen) atoms. The van der Waals surface area contributed by atoms with Crippen molar-refractivity contribution in [3.8, 4) is 0 Å². The molecule has 3 nitrogen and oxygen atoms in total. The van der Waals surface area contributed by atoms with Crippen LogP contribution in [0, 0.1) is 0 Å². The van der Waals surface area contributed by atoms with E-state index in [1.807, 2.05) is 12.1 Å². The minimum atomic E-state index is -0.0256. The lowest BCUT2D eigenvalue weighted by Crippen LogP contribution is -2.32. The minimum Gasteiger partial charge on any atom is -0.462 e. The van der Waals surface area contributed by atoms with Crippen LogP contribution in [0.3, 0.4) is 0 Å². The molecule has 2 aromatic rings. The van der Waals surface area contributed by atoms with Crippen molar-refractivity contribution in [1.82, 2.24) is 5.32 Å². The van der Waals surface area contributed by atoms with Crippen LogP contribution in [-0.2, 0) is 13.2 Å². The van der Waals surface area contributed by atoms with Gasteiger partial charge < -0.3 is 14.8 Å². The van der Waals surface area contributed by atoms with E-state index in [9.17, 15) is 0 Å². The first-order chi connectivity index (χ1) is 10.3. The monoisotopic (exact) mass is 285 g/mol. The molecule has 0 spiro atoms. The number of hydrogen-bond donors (Lipinski definition) is 2. The van der Waals surface area contributed by atoms with Crippen molar-refractivity contribution in [3.63, 3.8) is 0 Å². The van der Waals surface area contributed by atoms with Gasteiger partial charge in [-0.3, -0.25) is 0 Å². The minimum absolute atomic E-state index is 0.0256. The van der Waals surface area contributed by atoms with E-state index >= 15 is 0 Å². The predicted molar refractivity (Wildman–Crippen MR) is 82.9 cm³/mol. The predicted octanol–water partition coefficient (Wildman–Crippen LogP) is 3.59. The summed E-state index contributed by atoms with van der Waals surface area (Å²) in [5.41, 5.74) is 1.48. The van der Waals surface area contributed by atoms with Crippen LogP contribution in [0.15, 0.2) is 46.9 Å². The van der Waals surface area contributed by atoms with Crippen LogP contribution in [0.5, 0.6) is 0 Å². The van der Waals surface area contributed by atoms with Gasteiger partial charge in [-0.15, -0.1) is 0 Å². The second-order valence-electron chi connectivity index (χ2n) is 5.87. The zero-order chi connectivity index (χ0) is 14.5. The van der Waals surface area contributed by atoms with Crippen molar-refractivity contribution in [1.29, 1.82) is 0 Å². The fourth-order valence-electron chi connectivity index (χ4n) is 3.20. The number of furan rings is 1. The van der Waals surface area contributed by atoms with Crippen LogP contribution >= 0.6 is 0 Å². The Morgan fingerprint density at radius 3 is 2.33 bits per heavy atom. The molecule has 1 saturated carbocycles. The molecule has 3 rings (SSSR count). The zero-order valence-corrected chi connectivity index (χ0v) is 12.3. The maximum Gasteiger partial charge on any atom is 0.129 e. The van der Waals surface area contributed by atoms with Gasteiger partial charge in [0.1, 0.15) is 18.1 Å². The summed E-state index contributed by atoms with van der Waals surface area (Å²) in [6, 6.07) is 15.2. The Morgan fingerprint density at radius 2 is 1.67 bits per heavy atom. The highest BCUT2D eigenvalue weighted by atomic mass is 16.4. The summed E-state index contributed by atoms with van der Waals surface area (Å²) in [6.07, 6.45) is 4.93. The van der Waals surface area contributed by atoms with Gasteiger partial charge in [0, 0.05) is 6.04 Å². The van der Waals surface area contributed by atoms with Gasteiger partial charge in [0.25, 0.3) is 0 Å². The van der Waals surface area contributed by atoms with Crippen LogP contribution < -0.4 is 5.32 Å². The van der Waals surface area contributed by atoms with Crippen LogP contribution in [0.25, 0.3) is 0 Å². The molecule has 1 aliphatic rings. The lowest BCUT2D eigenvalue weighted by molar-refractivity contribution is 0.241. The highest BCUT2D eigenvalue weighted by Crippen LogP contribution is 2.32. The summed E-state index contributed by atoms with van der Waals surface area (Å²) in [5.74, 6) is 2.26. The molecule has 0 atom stereocenters. The molecule has 112 valence electrons. The standard InChI is InChI=1S/C18H23NO2/c20-13-18-11-10-17(21-18)12-19-16-8-6-15(7-9-16)14-4-2-1-3-5-14/h1-5,10-11,15-16,19-20H,6-9,12-13H2. The number of aliphatic hydroxyl groups is 1. The summed E-state index contributed by atoms with van der Waals surface area (Å²) >= 11 is 0. The second kappa shape index (κ2) is 6.92. The van der Waals surface area contributed by atoms with Crippen molar-refractivity contribution in [2.45, 2.75) is 50.8 Å². The highest BCUT2D eigenvalue weighted by Gasteiger charge is 2.21. The Hall–Kier alpha value is -1.58. The SMILES string of the molecule is OCc1ccc(CNC2CCC(c3ccccc3)CC2)o1. The molecule has 2 N–H and O–H groups in total. The Morgan fingerprint density at radius 1 is 0.952 bits per heavy atom. The number of hydrogen-bond acceptors (Lipinski definition) is 3. The summed E-state index contributed by atoms with van der Waals surface area (Å²) in [4.78, 5) is 0. The van der Waals surface area contributed by atoms with Crippen LogP contribution in [0.2, 0.25) is 0 Å². The van der Waals surface area contributed by atoms with E-state index < -0.39 is 0 Å².